The molecule has 0 radical (unpaired) electrons. The van der Waals surface area contributed by atoms with Crippen molar-refractivity contribution < 1.29 is 22.7 Å². The number of alkyl halides is 3. The van der Waals surface area contributed by atoms with Crippen molar-refractivity contribution in [3.8, 4) is 6.07 Å². The molecule has 0 spiro atoms. The van der Waals surface area contributed by atoms with Gasteiger partial charge in [0.05, 0.1) is 34.6 Å². The lowest BCUT2D eigenvalue weighted by atomic mass is 10.2. The quantitative estimate of drug-likeness (QED) is 0.230. The van der Waals surface area contributed by atoms with Crippen molar-refractivity contribution in [2.24, 2.45) is 0 Å². The maximum absolute atomic E-state index is 14.4. The highest BCUT2D eigenvalue weighted by atomic mass is 35.5. The molecule has 2 heterocycles. The van der Waals surface area contributed by atoms with Crippen LogP contribution < -0.4 is 16.0 Å². The molecule has 1 atom stereocenters. The summed E-state index contributed by atoms with van der Waals surface area (Å²) in [6.45, 7) is -0.808. The smallest absolute Gasteiger partial charge is 0.382 e. The van der Waals surface area contributed by atoms with Crippen LogP contribution in [-0.2, 0) is 0 Å². The highest BCUT2D eigenvalue weighted by Crippen LogP contribution is 2.32. The van der Waals surface area contributed by atoms with Crippen LogP contribution in [0.2, 0.25) is 5.02 Å². The minimum atomic E-state index is -4.78. The number of rotatable bonds is 8. The van der Waals surface area contributed by atoms with Gasteiger partial charge in [-0.05, 0) is 12.1 Å². The van der Waals surface area contributed by atoms with E-state index in [9.17, 15) is 17.6 Å². The average Bonchev–Trinajstić information content (AvgIpc) is 2.79. The summed E-state index contributed by atoms with van der Waals surface area (Å²) in [4.78, 5) is 11.9. The number of aromatic nitrogens is 3. The van der Waals surface area contributed by atoms with Crippen molar-refractivity contribution >= 4 is 46.6 Å². The van der Waals surface area contributed by atoms with Crippen molar-refractivity contribution in [1.29, 1.82) is 10.7 Å². The number of nitriles is 1. The fraction of sp³-hybridized carbons (Fsp3) is 0.150. The molecule has 0 fully saturated rings. The fourth-order valence-electron chi connectivity index (χ4n) is 2.62. The molecule has 0 saturated carbocycles. The van der Waals surface area contributed by atoms with Gasteiger partial charge in [0.1, 0.15) is 29.6 Å². The Bertz CT molecular complexity index is 1220. The third-order valence-electron chi connectivity index (χ3n) is 4.30. The van der Waals surface area contributed by atoms with Crippen LogP contribution >= 0.6 is 11.6 Å². The summed E-state index contributed by atoms with van der Waals surface area (Å²) in [6, 6.07) is 6.79. The van der Waals surface area contributed by atoms with Gasteiger partial charge in [-0.15, -0.1) is 0 Å². The summed E-state index contributed by atoms with van der Waals surface area (Å²) in [5.41, 5.74) is 0.460. The van der Waals surface area contributed by atoms with E-state index in [-0.39, 0.29) is 45.0 Å². The predicted octanol–water partition coefficient (Wildman–Crippen LogP) is 4.36. The van der Waals surface area contributed by atoms with Crippen LogP contribution in [0.25, 0.3) is 0 Å². The number of hydrogen-bond donors (Lipinski definition) is 5. The number of aliphatic hydroxyl groups excluding tert-OH is 1. The van der Waals surface area contributed by atoms with Crippen molar-refractivity contribution in [2.75, 3.05) is 22.5 Å². The Labute approximate surface area is 195 Å². The van der Waals surface area contributed by atoms with E-state index in [0.29, 0.717) is 0 Å². The Morgan fingerprint density at radius 3 is 2.47 bits per heavy atom. The number of aliphatic hydroxyl groups is 1. The lowest BCUT2D eigenvalue weighted by molar-refractivity contribution is -0.198. The van der Waals surface area contributed by atoms with Crippen LogP contribution in [-0.4, -0.2) is 45.1 Å². The SMILES string of the molecule is N#Cc1cc(F)c(Nc2cc(Nc3cc(NCC(O)C(F)(F)F)ncn3)ncc2C=N)c(Cl)c1. The normalized spacial score (nSPS) is 11.9. The number of nitrogens with one attached hydrogen (secondary N) is 4. The molecule has 0 aliphatic carbocycles. The molecular formula is C20H15ClF4N8O. The first kappa shape index (κ1) is 24.6. The van der Waals surface area contributed by atoms with Crippen LogP contribution in [0.1, 0.15) is 11.1 Å². The summed E-state index contributed by atoms with van der Waals surface area (Å²) in [5, 5.41) is 33.4. The minimum absolute atomic E-state index is 0.0155. The molecule has 3 rings (SSSR count). The molecule has 0 amide bonds. The van der Waals surface area contributed by atoms with Gasteiger partial charge in [0, 0.05) is 30.1 Å². The van der Waals surface area contributed by atoms with Gasteiger partial charge in [0.2, 0.25) is 0 Å². The highest BCUT2D eigenvalue weighted by Gasteiger charge is 2.37. The summed E-state index contributed by atoms with van der Waals surface area (Å²) in [7, 11) is 0. The second-order valence-electron chi connectivity index (χ2n) is 6.70. The zero-order valence-electron chi connectivity index (χ0n) is 17.0. The van der Waals surface area contributed by atoms with Crippen molar-refractivity contribution in [3.05, 3.63) is 58.8 Å². The third kappa shape index (κ3) is 6.06. The maximum Gasteiger partial charge on any atom is 0.416 e. The van der Waals surface area contributed by atoms with E-state index in [4.69, 9.17) is 27.4 Å². The van der Waals surface area contributed by atoms with Gasteiger partial charge in [0.15, 0.2) is 6.10 Å². The Balaban J connectivity index is 1.81. The van der Waals surface area contributed by atoms with E-state index >= 15 is 0 Å². The molecule has 0 aliphatic rings. The van der Waals surface area contributed by atoms with Gasteiger partial charge < -0.3 is 26.5 Å². The molecule has 1 aromatic carbocycles. The monoisotopic (exact) mass is 494 g/mol. The summed E-state index contributed by atoms with van der Waals surface area (Å²) in [5.74, 6) is -0.415. The molecule has 0 saturated heterocycles. The number of pyridine rings is 1. The molecule has 0 bridgehead atoms. The van der Waals surface area contributed by atoms with Crippen LogP contribution in [0.4, 0.5) is 46.4 Å². The second-order valence-corrected chi connectivity index (χ2v) is 7.11. The van der Waals surface area contributed by atoms with Gasteiger partial charge >= 0.3 is 6.18 Å². The van der Waals surface area contributed by atoms with E-state index in [1.165, 1.54) is 24.4 Å². The standard InChI is InChI=1S/C20H15ClF4N8O/c21-12-1-10(5-26)2-13(22)19(12)32-14-3-17(28-7-11(14)6-27)33-18-4-16(30-9-31-18)29-8-15(34)20(23,24)25/h1-4,6-7,9,15,27,34H,8H2,(H3,28,29,30,31,32,33). The predicted molar refractivity (Wildman–Crippen MR) is 117 cm³/mol. The number of benzene rings is 1. The zero-order valence-corrected chi connectivity index (χ0v) is 17.7. The molecule has 176 valence electrons. The molecule has 1 unspecified atom stereocenters. The Hall–Kier alpha value is -4.02. The molecule has 2 aromatic heterocycles. The molecule has 14 heteroatoms. The van der Waals surface area contributed by atoms with E-state index in [1.807, 2.05) is 0 Å². The van der Waals surface area contributed by atoms with E-state index in [0.717, 1.165) is 18.6 Å². The lowest BCUT2D eigenvalue weighted by Gasteiger charge is -2.16. The second kappa shape index (κ2) is 10.3. The van der Waals surface area contributed by atoms with Crippen LogP contribution in [0.5, 0.6) is 0 Å². The summed E-state index contributed by atoms with van der Waals surface area (Å²) >= 11 is 6.07. The third-order valence-corrected chi connectivity index (χ3v) is 4.60. The van der Waals surface area contributed by atoms with Gasteiger partial charge in [-0.2, -0.15) is 18.4 Å². The molecule has 3 aromatic rings. The highest BCUT2D eigenvalue weighted by molar-refractivity contribution is 6.33. The first-order chi connectivity index (χ1) is 16.1. The minimum Gasteiger partial charge on any atom is -0.382 e. The average molecular weight is 495 g/mol. The first-order valence-corrected chi connectivity index (χ1v) is 9.73. The fourth-order valence-corrected chi connectivity index (χ4v) is 2.87. The van der Waals surface area contributed by atoms with E-state index in [1.54, 1.807) is 6.07 Å². The Morgan fingerprint density at radius 1 is 1.12 bits per heavy atom. The van der Waals surface area contributed by atoms with Crippen LogP contribution in [0.15, 0.2) is 36.8 Å². The number of halogens is 5. The number of nitrogens with zero attached hydrogens (tertiary/aromatic N) is 4. The number of anilines is 5. The van der Waals surface area contributed by atoms with Crippen molar-refractivity contribution in [1.82, 2.24) is 15.0 Å². The van der Waals surface area contributed by atoms with Crippen molar-refractivity contribution in [3.63, 3.8) is 0 Å². The van der Waals surface area contributed by atoms with Gasteiger partial charge in [-0.25, -0.2) is 19.3 Å². The van der Waals surface area contributed by atoms with E-state index < -0.39 is 24.6 Å². The number of hydrogen-bond acceptors (Lipinski definition) is 9. The summed E-state index contributed by atoms with van der Waals surface area (Å²) in [6.07, 6.45) is -3.97. The van der Waals surface area contributed by atoms with Gasteiger partial charge in [-0.3, -0.25) is 0 Å². The molecule has 0 aliphatic heterocycles. The van der Waals surface area contributed by atoms with Gasteiger partial charge in [-0.1, -0.05) is 11.6 Å². The lowest BCUT2D eigenvalue weighted by Crippen LogP contribution is -2.35. The van der Waals surface area contributed by atoms with Crippen molar-refractivity contribution in [2.45, 2.75) is 12.3 Å². The van der Waals surface area contributed by atoms with Crippen LogP contribution in [0.3, 0.4) is 0 Å². The Morgan fingerprint density at radius 2 is 1.82 bits per heavy atom. The molecule has 5 N–H and O–H groups in total. The Kier molecular flexibility index (Phi) is 7.44. The van der Waals surface area contributed by atoms with E-state index in [2.05, 4.69) is 30.9 Å². The van der Waals surface area contributed by atoms with Crippen LogP contribution in [0, 0.1) is 22.6 Å². The van der Waals surface area contributed by atoms with Gasteiger partial charge in [0.25, 0.3) is 0 Å². The molecule has 34 heavy (non-hydrogen) atoms. The first-order valence-electron chi connectivity index (χ1n) is 9.35. The molecule has 9 nitrogen and oxygen atoms in total. The summed E-state index contributed by atoms with van der Waals surface area (Å²) < 4.78 is 51.8. The molecular weight excluding hydrogens is 480 g/mol. The zero-order chi connectivity index (χ0) is 24.9. The maximum atomic E-state index is 14.4. The largest absolute Gasteiger partial charge is 0.416 e. The topological polar surface area (TPSA) is 143 Å².